The van der Waals surface area contributed by atoms with Gasteiger partial charge in [0.15, 0.2) is 0 Å². The van der Waals surface area contributed by atoms with Crippen LogP contribution >= 0.6 is 15.9 Å². The molecule has 1 aliphatic heterocycles. The van der Waals surface area contributed by atoms with E-state index in [1.165, 1.54) is 16.7 Å². The van der Waals surface area contributed by atoms with Crippen molar-refractivity contribution < 1.29 is 0 Å². The van der Waals surface area contributed by atoms with Gasteiger partial charge in [-0.2, -0.15) is 0 Å². The van der Waals surface area contributed by atoms with Crippen LogP contribution in [0.15, 0.2) is 46.9 Å². The summed E-state index contributed by atoms with van der Waals surface area (Å²) in [5, 5.41) is 3.45. The van der Waals surface area contributed by atoms with Gasteiger partial charge in [0.2, 0.25) is 0 Å². The summed E-state index contributed by atoms with van der Waals surface area (Å²) in [5.74, 6) is 0. The first-order valence-corrected chi connectivity index (χ1v) is 8.25. The van der Waals surface area contributed by atoms with Gasteiger partial charge in [0.1, 0.15) is 0 Å². The van der Waals surface area contributed by atoms with Crippen molar-refractivity contribution >= 4 is 15.9 Å². The van der Waals surface area contributed by atoms with Crippen LogP contribution in [0.5, 0.6) is 0 Å². The lowest BCUT2D eigenvalue weighted by Crippen LogP contribution is -2.26. The summed E-state index contributed by atoms with van der Waals surface area (Å²) in [5.41, 5.74) is 5.86. The van der Waals surface area contributed by atoms with Gasteiger partial charge in [0.05, 0.1) is 0 Å². The molecule has 110 valence electrons. The summed E-state index contributed by atoms with van der Waals surface area (Å²) in [6.45, 7) is 4.11. The SMILES string of the molecule is CN(Cc1ccc(Br)cc1)Cc1cccc2c1CCNC2. The van der Waals surface area contributed by atoms with E-state index in [-0.39, 0.29) is 0 Å². The zero-order valence-electron chi connectivity index (χ0n) is 12.4. The Bertz CT molecular complexity index is 607. The highest BCUT2D eigenvalue weighted by atomic mass is 79.9. The average Bonchev–Trinajstić information content (AvgIpc) is 2.50. The van der Waals surface area contributed by atoms with Gasteiger partial charge >= 0.3 is 0 Å². The second-order valence-electron chi connectivity index (χ2n) is 5.78. The zero-order valence-corrected chi connectivity index (χ0v) is 14.0. The van der Waals surface area contributed by atoms with E-state index in [0.29, 0.717) is 0 Å². The van der Waals surface area contributed by atoms with Crippen molar-refractivity contribution in [3.8, 4) is 0 Å². The molecule has 0 saturated heterocycles. The van der Waals surface area contributed by atoms with Gasteiger partial charge in [-0.05, 0) is 54.4 Å². The molecule has 0 aromatic heterocycles. The predicted octanol–water partition coefficient (Wildman–Crippen LogP) is 3.73. The Morgan fingerprint density at radius 2 is 1.90 bits per heavy atom. The van der Waals surface area contributed by atoms with E-state index in [9.17, 15) is 0 Å². The molecule has 0 atom stereocenters. The quantitative estimate of drug-likeness (QED) is 0.909. The summed E-state index contributed by atoms with van der Waals surface area (Å²) in [6, 6.07) is 15.3. The van der Waals surface area contributed by atoms with Crippen molar-refractivity contribution in [2.45, 2.75) is 26.1 Å². The molecule has 0 fully saturated rings. The first kappa shape index (κ1) is 14.8. The molecule has 2 nitrogen and oxygen atoms in total. The molecule has 2 aromatic carbocycles. The van der Waals surface area contributed by atoms with E-state index in [1.807, 2.05) is 0 Å². The van der Waals surface area contributed by atoms with Crippen LogP contribution in [-0.4, -0.2) is 18.5 Å². The summed E-state index contributed by atoms with van der Waals surface area (Å²) < 4.78 is 1.14. The van der Waals surface area contributed by atoms with Crippen molar-refractivity contribution in [1.29, 1.82) is 0 Å². The lowest BCUT2D eigenvalue weighted by molar-refractivity contribution is 0.317. The van der Waals surface area contributed by atoms with Crippen LogP contribution in [0.4, 0.5) is 0 Å². The molecule has 0 bridgehead atoms. The summed E-state index contributed by atoms with van der Waals surface area (Å²) in [7, 11) is 2.20. The fourth-order valence-corrected chi connectivity index (χ4v) is 3.27. The Balaban J connectivity index is 1.70. The number of fused-ring (bicyclic) bond motifs is 1. The van der Waals surface area contributed by atoms with Gasteiger partial charge in [-0.3, -0.25) is 4.90 Å². The predicted molar refractivity (Wildman–Crippen MR) is 91.2 cm³/mol. The molecule has 0 radical (unpaired) electrons. The molecular weight excluding hydrogens is 324 g/mol. The number of rotatable bonds is 4. The van der Waals surface area contributed by atoms with Crippen molar-refractivity contribution in [3.05, 3.63) is 69.2 Å². The van der Waals surface area contributed by atoms with Gasteiger partial charge in [-0.1, -0.05) is 46.3 Å². The number of benzene rings is 2. The van der Waals surface area contributed by atoms with E-state index < -0.39 is 0 Å². The minimum Gasteiger partial charge on any atom is -0.312 e. The van der Waals surface area contributed by atoms with E-state index in [4.69, 9.17) is 0 Å². The fraction of sp³-hybridized carbons (Fsp3) is 0.333. The number of nitrogens with one attached hydrogen (secondary N) is 1. The first-order chi connectivity index (χ1) is 10.2. The molecule has 1 aliphatic rings. The van der Waals surface area contributed by atoms with Crippen LogP contribution in [0.3, 0.4) is 0 Å². The molecule has 2 aromatic rings. The maximum absolute atomic E-state index is 3.49. The minimum absolute atomic E-state index is 0.981. The van der Waals surface area contributed by atoms with Crippen LogP contribution < -0.4 is 5.32 Å². The number of halogens is 1. The molecule has 21 heavy (non-hydrogen) atoms. The van der Waals surface area contributed by atoms with Crippen molar-refractivity contribution in [2.75, 3.05) is 13.6 Å². The molecule has 0 spiro atoms. The molecule has 0 amide bonds. The van der Waals surface area contributed by atoms with E-state index in [0.717, 1.165) is 37.1 Å². The first-order valence-electron chi connectivity index (χ1n) is 7.46. The van der Waals surface area contributed by atoms with Crippen LogP contribution in [0.1, 0.15) is 22.3 Å². The normalized spacial score (nSPS) is 14.2. The Morgan fingerprint density at radius 1 is 1.10 bits per heavy atom. The Kier molecular flexibility index (Phi) is 4.73. The molecule has 0 aliphatic carbocycles. The molecule has 3 rings (SSSR count). The van der Waals surface area contributed by atoms with E-state index >= 15 is 0 Å². The van der Waals surface area contributed by atoms with Gasteiger partial charge in [0, 0.05) is 24.1 Å². The fourth-order valence-electron chi connectivity index (χ4n) is 3.01. The highest BCUT2D eigenvalue weighted by Crippen LogP contribution is 2.20. The molecule has 3 heteroatoms. The highest BCUT2D eigenvalue weighted by molar-refractivity contribution is 9.10. The van der Waals surface area contributed by atoms with Crippen LogP contribution in [-0.2, 0) is 26.1 Å². The van der Waals surface area contributed by atoms with Crippen molar-refractivity contribution in [3.63, 3.8) is 0 Å². The third-order valence-corrected chi connectivity index (χ3v) is 4.57. The number of hydrogen-bond donors (Lipinski definition) is 1. The minimum atomic E-state index is 0.981. The largest absolute Gasteiger partial charge is 0.312 e. The van der Waals surface area contributed by atoms with E-state index in [1.54, 1.807) is 5.56 Å². The maximum Gasteiger partial charge on any atom is 0.0237 e. The average molecular weight is 345 g/mol. The van der Waals surface area contributed by atoms with Gasteiger partial charge in [0.25, 0.3) is 0 Å². The smallest absolute Gasteiger partial charge is 0.0237 e. The van der Waals surface area contributed by atoms with Crippen LogP contribution in [0.25, 0.3) is 0 Å². The van der Waals surface area contributed by atoms with Gasteiger partial charge < -0.3 is 5.32 Å². The molecule has 1 N–H and O–H groups in total. The third kappa shape index (κ3) is 3.73. The summed E-state index contributed by atoms with van der Waals surface area (Å²) in [6.07, 6.45) is 1.15. The summed E-state index contributed by atoms with van der Waals surface area (Å²) in [4.78, 5) is 2.39. The monoisotopic (exact) mass is 344 g/mol. The van der Waals surface area contributed by atoms with Crippen LogP contribution in [0.2, 0.25) is 0 Å². The molecule has 0 saturated carbocycles. The lowest BCUT2D eigenvalue weighted by Gasteiger charge is -2.23. The third-order valence-electron chi connectivity index (χ3n) is 4.04. The van der Waals surface area contributed by atoms with Crippen LogP contribution in [0, 0.1) is 0 Å². The van der Waals surface area contributed by atoms with Crippen molar-refractivity contribution in [1.82, 2.24) is 10.2 Å². The Hall–Kier alpha value is -1.16. The zero-order chi connectivity index (χ0) is 14.7. The molecule has 1 heterocycles. The van der Waals surface area contributed by atoms with Gasteiger partial charge in [-0.15, -0.1) is 0 Å². The summed E-state index contributed by atoms with van der Waals surface area (Å²) >= 11 is 3.49. The van der Waals surface area contributed by atoms with E-state index in [2.05, 4.69) is 75.7 Å². The number of hydrogen-bond acceptors (Lipinski definition) is 2. The second-order valence-corrected chi connectivity index (χ2v) is 6.70. The molecule has 0 unspecified atom stereocenters. The topological polar surface area (TPSA) is 15.3 Å². The Morgan fingerprint density at radius 3 is 2.71 bits per heavy atom. The van der Waals surface area contributed by atoms with Crippen molar-refractivity contribution in [2.24, 2.45) is 0 Å². The highest BCUT2D eigenvalue weighted by Gasteiger charge is 2.13. The Labute approximate surface area is 135 Å². The second kappa shape index (κ2) is 6.73. The lowest BCUT2D eigenvalue weighted by atomic mass is 9.95. The molecular formula is C18H21BrN2. The maximum atomic E-state index is 3.49. The number of nitrogens with zero attached hydrogens (tertiary/aromatic N) is 1. The van der Waals surface area contributed by atoms with Gasteiger partial charge in [-0.25, -0.2) is 0 Å². The standard InChI is InChI=1S/C18H21BrN2/c1-21(12-14-5-7-17(19)8-6-14)13-16-4-2-3-15-11-20-10-9-18(15)16/h2-8,20H,9-13H2,1H3.